The van der Waals surface area contributed by atoms with Gasteiger partial charge in [-0.15, -0.1) is 0 Å². The number of rotatable bonds is 6. The molecule has 0 spiro atoms. The zero-order valence-corrected chi connectivity index (χ0v) is 17.8. The second kappa shape index (κ2) is 9.01. The van der Waals surface area contributed by atoms with Gasteiger partial charge in [0, 0.05) is 13.0 Å². The van der Waals surface area contributed by atoms with E-state index in [0.29, 0.717) is 0 Å². The van der Waals surface area contributed by atoms with Crippen molar-refractivity contribution in [3.8, 4) is 0 Å². The van der Waals surface area contributed by atoms with Crippen LogP contribution in [0.5, 0.6) is 0 Å². The second-order valence-electron chi connectivity index (χ2n) is 8.60. The van der Waals surface area contributed by atoms with Gasteiger partial charge in [-0.2, -0.15) is 0 Å². The minimum absolute atomic E-state index is 0.876. The van der Waals surface area contributed by atoms with Gasteiger partial charge >= 0.3 is 0 Å². The number of aromatic nitrogens is 2. The first kappa shape index (κ1) is 19.3. The number of benzene rings is 3. The summed E-state index contributed by atoms with van der Waals surface area (Å²) in [5.41, 5.74) is 3.72. The van der Waals surface area contributed by atoms with Crippen molar-refractivity contribution in [2.75, 3.05) is 19.6 Å². The molecule has 1 aliphatic rings. The molecule has 3 nitrogen and oxygen atoms in total. The average molecular weight is 398 g/mol. The topological polar surface area (TPSA) is 21.1 Å². The molecular formula is C27H31N3. The third-order valence-electron chi connectivity index (χ3n) is 6.52. The minimum Gasteiger partial charge on any atom is -0.323 e. The molecule has 0 atom stereocenters. The number of imidazole rings is 1. The van der Waals surface area contributed by atoms with E-state index < -0.39 is 0 Å². The molecule has 2 heterocycles. The summed E-state index contributed by atoms with van der Waals surface area (Å²) in [5, 5.41) is 2.65. The monoisotopic (exact) mass is 397 g/mol. The molecule has 4 aromatic rings. The number of hydrogen-bond acceptors (Lipinski definition) is 2. The third kappa shape index (κ3) is 4.13. The highest BCUT2D eigenvalue weighted by Gasteiger charge is 2.14. The quantitative estimate of drug-likeness (QED) is 0.395. The van der Waals surface area contributed by atoms with Crippen molar-refractivity contribution in [2.24, 2.45) is 0 Å². The SMILES string of the molecule is c1ccc2c(Cn3c(CCCN4CCCCCC4)nc4ccccc43)cccc2c1. The Hall–Kier alpha value is -2.65. The lowest BCUT2D eigenvalue weighted by Gasteiger charge is -2.19. The number of aryl methyl sites for hydroxylation is 1. The van der Waals surface area contributed by atoms with Crippen LogP contribution >= 0.6 is 0 Å². The van der Waals surface area contributed by atoms with Gasteiger partial charge in [-0.1, -0.05) is 67.4 Å². The Labute approximate surface area is 179 Å². The Balaban J connectivity index is 1.41. The molecule has 0 aliphatic carbocycles. The normalized spacial score (nSPS) is 15.6. The van der Waals surface area contributed by atoms with E-state index in [2.05, 4.69) is 76.2 Å². The maximum absolute atomic E-state index is 5.03. The lowest BCUT2D eigenvalue weighted by Crippen LogP contribution is -2.26. The number of para-hydroxylation sites is 2. The van der Waals surface area contributed by atoms with E-state index in [1.54, 1.807) is 0 Å². The Morgan fingerprint density at radius 1 is 0.767 bits per heavy atom. The Bertz CT molecular complexity index is 1110. The largest absolute Gasteiger partial charge is 0.323 e. The van der Waals surface area contributed by atoms with E-state index in [9.17, 15) is 0 Å². The molecule has 3 aromatic carbocycles. The van der Waals surface area contributed by atoms with Crippen LogP contribution < -0.4 is 0 Å². The lowest BCUT2D eigenvalue weighted by molar-refractivity contribution is 0.280. The van der Waals surface area contributed by atoms with Gasteiger partial charge in [-0.3, -0.25) is 0 Å². The van der Waals surface area contributed by atoms with Crippen LogP contribution in [0.2, 0.25) is 0 Å². The summed E-state index contributed by atoms with van der Waals surface area (Å²) in [6, 6.07) is 23.9. The van der Waals surface area contributed by atoms with Crippen LogP contribution in [-0.4, -0.2) is 34.1 Å². The summed E-state index contributed by atoms with van der Waals surface area (Å²) in [7, 11) is 0. The van der Waals surface area contributed by atoms with E-state index in [-0.39, 0.29) is 0 Å². The molecule has 154 valence electrons. The van der Waals surface area contributed by atoms with Gasteiger partial charge in [0.2, 0.25) is 0 Å². The van der Waals surface area contributed by atoms with Crippen LogP contribution in [0, 0.1) is 0 Å². The van der Waals surface area contributed by atoms with Crippen LogP contribution in [0.1, 0.15) is 43.5 Å². The van der Waals surface area contributed by atoms with E-state index in [4.69, 9.17) is 4.98 Å². The molecule has 1 aliphatic heterocycles. The van der Waals surface area contributed by atoms with Crippen LogP contribution in [-0.2, 0) is 13.0 Å². The first-order chi connectivity index (χ1) is 14.9. The third-order valence-corrected chi connectivity index (χ3v) is 6.52. The molecule has 1 saturated heterocycles. The van der Waals surface area contributed by atoms with Crippen LogP contribution in [0.15, 0.2) is 66.7 Å². The Morgan fingerprint density at radius 3 is 2.43 bits per heavy atom. The van der Waals surface area contributed by atoms with Gasteiger partial charge in [-0.25, -0.2) is 4.98 Å². The van der Waals surface area contributed by atoms with Gasteiger partial charge < -0.3 is 9.47 Å². The highest BCUT2D eigenvalue weighted by molar-refractivity contribution is 5.86. The molecule has 1 fully saturated rings. The number of fused-ring (bicyclic) bond motifs is 2. The summed E-state index contributed by atoms with van der Waals surface area (Å²) in [6.45, 7) is 4.61. The summed E-state index contributed by atoms with van der Waals surface area (Å²) in [4.78, 5) is 7.69. The maximum Gasteiger partial charge on any atom is 0.110 e. The molecule has 1 aromatic heterocycles. The van der Waals surface area contributed by atoms with Gasteiger partial charge in [0.05, 0.1) is 11.0 Å². The molecule has 3 heteroatoms. The minimum atomic E-state index is 0.876. The fourth-order valence-electron chi connectivity index (χ4n) is 4.91. The first-order valence-electron chi connectivity index (χ1n) is 11.5. The van der Waals surface area contributed by atoms with E-state index in [0.717, 1.165) is 18.5 Å². The van der Waals surface area contributed by atoms with Crippen LogP contribution in [0.25, 0.3) is 21.8 Å². The first-order valence-corrected chi connectivity index (χ1v) is 11.5. The lowest BCUT2D eigenvalue weighted by atomic mass is 10.0. The fraction of sp³-hybridized carbons (Fsp3) is 0.370. The van der Waals surface area contributed by atoms with Crippen molar-refractivity contribution in [2.45, 2.75) is 45.1 Å². The molecule has 30 heavy (non-hydrogen) atoms. The number of likely N-dealkylation sites (tertiary alicyclic amines) is 1. The molecule has 0 saturated carbocycles. The fourth-order valence-corrected chi connectivity index (χ4v) is 4.91. The van der Waals surface area contributed by atoms with E-state index in [1.165, 1.54) is 79.4 Å². The van der Waals surface area contributed by atoms with Crippen molar-refractivity contribution in [3.05, 3.63) is 78.1 Å². The molecule has 0 unspecified atom stereocenters. The molecule has 5 rings (SSSR count). The van der Waals surface area contributed by atoms with Gasteiger partial charge in [-0.05, 0) is 67.4 Å². The van der Waals surface area contributed by atoms with Crippen molar-refractivity contribution >= 4 is 21.8 Å². The Morgan fingerprint density at radius 2 is 1.53 bits per heavy atom. The summed E-state index contributed by atoms with van der Waals surface area (Å²) in [6.07, 6.45) is 7.74. The van der Waals surface area contributed by atoms with Gasteiger partial charge in [0.1, 0.15) is 5.82 Å². The summed E-state index contributed by atoms with van der Waals surface area (Å²) < 4.78 is 2.44. The number of nitrogens with zero attached hydrogens (tertiary/aromatic N) is 3. The van der Waals surface area contributed by atoms with Crippen molar-refractivity contribution in [1.82, 2.24) is 14.5 Å². The molecule has 0 radical (unpaired) electrons. The Kier molecular flexibility index (Phi) is 5.80. The summed E-state index contributed by atoms with van der Waals surface area (Å²) >= 11 is 0. The predicted octanol–water partition coefficient (Wildman–Crippen LogP) is 6.05. The van der Waals surface area contributed by atoms with Crippen molar-refractivity contribution in [1.29, 1.82) is 0 Å². The van der Waals surface area contributed by atoms with Crippen LogP contribution in [0.3, 0.4) is 0 Å². The number of hydrogen-bond donors (Lipinski definition) is 0. The molecular weight excluding hydrogens is 366 g/mol. The zero-order chi connectivity index (χ0) is 20.2. The molecule has 0 N–H and O–H groups in total. The van der Waals surface area contributed by atoms with Crippen LogP contribution in [0.4, 0.5) is 0 Å². The highest BCUT2D eigenvalue weighted by atomic mass is 15.1. The second-order valence-corrected chi connectivity index (χ2v) is 8.60. The zero-order valence-electron chi connectivity index (χ0n) is 17.8. The van der Waals surface area contributed by atoms with Gasteiger partial charge in [0.25, 0.3) is 0 Å². The van der Waals surface area contributed by atoms with E-state index in [1.807, 2.05) is 0 Å². The summed E-state index contributed by atoms with van der Waals surface area (Å²) in [5.74, 6) is 1.22. The highest BCUT2D eigenvalue weighted by Crippen LogP contribution is 2.24. The molecule has 0 amide bonds. The standard InChI is InChI=1S/C27H31N3/c1-2-8-19-29(18-7-1)20-10-17-27-28-25-15-5-6-16-26(25)30(27)21-23-13-9-12-22-11-3-4-14-24(22)23/h3-6,9,11-16H,1-2,7-8,10,17-21H2. The molecule has 0 bridgehead atoms. The average Bonchev–Trinajstić information content (AvgIpc) is 2.94. The maximum atomic E-state index is 5.03. The van der Waals surface area contributed by atoms with Gasteiger partial charge in [0.15, 0.2) is 0 Å². The van der Waals surface area contributed by atoms with Crippen molar-refractivity contribution in [3.63, 3.8) is 0 Å². The predicted molar refractivity (Wildman–Crippen MR) is 126 cm³/mol. The van der Waals surface area contributed by atoms with Crippen molar-refractivity contribution < 1.29 is 0 Å². The smallest absolute Gasteiger partial charge is 0.110 e. The van der Waals surface area contributed by atoms with E-state index >= 15 is 0 Å².